The molecule has 5 nitrogen and oxygen atoms in total. The average molecular weight is 378 g/mol. The summed E-state index contributed by atoms with van der Waals surface area (Å²) in [6.07, 6.45) is 1.62. The molecule has 136 valence electrons. The van der Waals surface area contributed by atoms with Gasteiger partial charge in [0.05, 0.1) is 32.0 Å². The van der Waals surface area contributed by atoms with Crippen LogP contribution in [0.2, 0.25) is 0 Å². The number of aromatic nitrogens is 1. The van der Waals surface area contributed by atoms with Crippen LogP contribution >= 0.6 is 11.3 Å². The number of carbonyl (C=O) groups excluding carboxylic acids is 1. The van der Waals surface area contributed by atoms with Crippen LogP contribution < -0.4 is 4.74 Å². The van der Waals surface area contributed by atoms with E-state index in [0.717, 1.165) is 27.3 Å². The summed E-state index contributed by atoms with van der Waals surface area (Å²) in [6.45, 7) is 0.908. The number of nitrogens with zero attached hydrogens (tertiary/aromatic N) is 2. The largest absolute Gasteiger partial charge is 0.497 e. The van der Waals surface area contributed by atoms with Crippen molar-refractivity contribution in [3.8, 4) is 5.75 Å². The van der Waals surface area contributed by atoms with Crippen molar-refractivity contribution in [3.05, 3.63) is 82.6 Å². The van der Waals surface area contributed by atoms with Gasteiger partial charge in [0.15, 0.2) is 0 Å². The van der Waals surface area contributed by atoms with Gasteiger partial charge in [0.1, 0.15) is 17.2 Å². The summed E-state index contributed by atoms with van der Waals surface area (Å²) >= 11 is 1.62. The van der Waals surface area contributed by atoms with Gasteiger partial charge in [0.25, 0.3) is 5.91 Å². The maximum Gasteiger partial charge on any atom is 0.273 e. The highest BCUT2D eigenvalue weighted by Gasteiger charge is 2.20. The zero-order chi connectivity index (χ0) is 18.6. The van der Waals surface area contributed by atoms with Crippen molar-refractivity contribution < 1.29 is 13.9 Å². The summed E-state index contributed by atoms with van der Waals surface area (Å²) in [6, 6.07) is 17.0. The fourth-order valence-electron chi connectivity index (χ4n) is 2.89. The van der Waals surface area contributed by atoms with Gasteiger partial charge in [-0.05, 0) is 47.8 Å². The van der Waals surface area contributed by atoms with Crippen LogP contribution in [0.25, 0.3) is 10.9 Å². The lowest BCUT2D eigenvalue weighted by Crippen LogP contribution is -2.30. The lowest BCUT2D eigenvalue weighted by Gasteiger charge is -2.21. The third-order valence-electron chi connectivity index (χ3n) is 4.26. The van der Waals surface area contributed by atoms with Gasteiger partial charge < -0.3 is 14.1 Å². The second-order valence-corrected chi connectivity index (χ2v) is 7.11. The lowest BCUT2D eigenvalue weighted by molar-refractivity contribution is 0.0714. The number of hydrogen-bond acceptors (Lipinski definition) is 5. The quantitative estimate of drug-likeness (QED) is 0.486. The van der Waals surface area contributed by atoms with Crippen LogP contribution in [-0.4, -0.2) is 22.9 Å². The van der Waals surface area contributed by atoms with Gasteiger partial charge in [-0.2, -0.15) is 0 Å². The molecule has 0 aliphatic heterocycles. The van der Waals surface area contributed by atoms with E-state index in [1.807, 2.05) is 53.9 Å². The summed E-state index contributed by atoms with van der Waals surface area (Å²) in [5.41, 5.74) is 1.17. The van der Waals surface area contributed by atoms with E-state index in [0.29, 0.717) is 18.8 Å². The highest BCUT2D eigenvalue weighted by Crippen LogP contribution is 2.21. The van der Waals surface area contributed by atoms with E-state index in [1.165, 1.54) is 0 Å². The molecule has 1 amide bonds. The minimum atomic E-state index is -0.127. The number of benzene rings is 1. The Morgan fingerprint density at radius 1 is 1.15 bits per heavy atom. The summed E-state index contributed by atoms with van der Waals surface area (Å²) in [7, 11) is 1.63. The molecule has 6 heteroatoms. The Morgan fingerprint density at radius 2 is 2.07 bits per heavy atom. The van der Waals surface area contributed by atoms with Gasteiger partial charge >= 0.3 is 0 Å². The minimum absolute atomic E-state index is 0.127. The fraction of sp³-hybridized carbons (Fsp3) is 0.143. The van der Waals surface area contributed by atoms with E-state index in [4.69, 9.17) is 9.15 Å². The molecule has 0 unspecified atom stereocenters. The predicted octanol–water partition coefficient (Wildman–Crippen LogP) is 4.74. The Kier molecular flexibility index (Phi) is 4.89. The number of thiophene rings is 1. The van der Waals surface area contributed by atoms with Crippen LogP contribution in [0.5, 0.6) is 5.75 Å². The highest BCUT2D eigenvalue weighted by atomic mass is 32.1. The number of methoxy groups -OCH3 is 1. The van der Waals surface area contributed by atoms with Crippen molar-refractivity contribution in [2.24, 2.45) is 0 Å². The first-order valence-corrected chi connectivity index (χ1v) is 9.40. The molecule has 0 saturated carbocycles. The van der Waals surface area contributed by atoms with Crippen molar-refractivity contribution in [2.45, 2.75) is 13.1 Å². The molecule has 0 aliphatic rings. The standard InChI is InChI=1S/C21H18N2O3S/c1-25-16-7-9-19-15(12-16)6-8-20(22-19)21(24)23(13-17-4-2-10-26-17)14-18-5-3-11-27-18/h2-12H,13-14H2,1H3. The van der Waals surface area contributed by atoms with Crippen LogP contribution in [0.1, 0.15) is 21.1 Å². The second kappa shape index (κ2) is 7.63. The maximum atomic E-state index is 13.2. The van der Waals surface area contributed by atoms with Crippen LogP contribution in [0.3, 0.4) is 0 Å². The molecular weight excluding hydrogens is 360 g/mol. The molecule has 0 aliphatic carbocycles. The first-order valence-electron chi connectivity index (χ1n) is 8.52. The average Bonchev–Trinajstić information content (AvgIpc) is 3.40. The minimum Gasteiger partial charge on any atom is -0.497 e. The van der Waals surface area contributed by atoms with Crippen LogP contribution in [0.15, 0.2) is 70.7 Å². The molecule has 1 aromatic carbocycles. The SMILES string of the molecule is COc1ccc2nc(C(=O)N(Cc3ccco3)Cc3cccs3)ccc2c1. The molecule has 3 aromatic heterocycles. The van der Waals surface area contributed by atoms with E-state index in [9.17, 15) is 4.79 Å². The van der Waals surface area contributed by atoms with Crippen LogP contribution in [0, 0.1) is 0 Å². The maximum absolute atomic E-state index is 13.2. The molecule has 0 spiro atoms. The summed E-state index contributed by atoms with van der Waals surface area (Å²) < 4.78 is 10.7. The smallest absolute Gasteiger partial charge is 0.273 e. The van der Waals surface area contributed by atoms with Crippen molar-refractivity contribution in [2.75, 3.05) is 7.11 Å². The molecule has 27 heavy (non-hydrogen) atoms. The lowest BCUT2D eigenvalue weighted by atomic mass is 10.2. The highest BCUT2D eigenvalue weighted by molar-refractivity contribution is 7.09. The topological polar surface area (TPSA) is 55.6 Å². The molecule has 0 atom stereocenters. The summed E-state index contributed by atoms with van der Waals surface area (Å²) in [5, 5.41) is 2.94. The summed E-state index contributed by atoms with van der Waals surface area (Å²) in [5.74, 6) is 1.38. The van der Waals surface area contributed by atoms with Gasteiger partial charge in [-0.3, -0.25) is 4.79 Å². The first kappa shape index (κ1) is 17.3. The molecule has 4 rings (SSSR count). The molecule has 0 bridgehead atoms. The Morgan fingerprint density at radius 3 is 2.81 bits per heavy atom. The number of furan rings is 1. The summed E-state index contributed by atoms with van der Waals surface area (Å²) in [4.78, 5) is 20.6. The van der Waals surface area contributed by atoms with Gasteiger partial charge in [-0.25, -0.2) is 4.98 Å². The van der Waals surface area contributed by atoms with Crippen molar-refractivity contribution in [1.82, 2.24) is 9.88 Å². The van der Waals surface area contributed by atoms with Crippen molar-refractivity contribution in [1.29, 1.82) is 0 Å². The predicted molar refractivity (Wildman–Crippen MR) is 105 cm³/mol. The Labute approximate surface area is 160 Å². The Bertz CT molecular complexity index is 1010. The van der Waals surface area contributed by atoms with Crippen molar-refractivity contribution in [3.63, 3.8) is 0 Å². The number of rotatable bonds is 6. The van der Waals surface area contributed by atoms with E-state index in [-0.39, 0.29) is 5.91 Å². The van der Waals surface area contributed by atoms with E-state index in [2.05, 4.69) is 4.98 Å². The Balaban J connectivity index is 1.64. The molecule has 0 N–H and O–H groups in total. The number of ether oxygens (including phenoxy) is 1. The monoisotopic (exact) mass is 378 g/mol. The number of hydrogen-bond donors (Lipinski definition) is 0. The molecular formula is C21H18N2O3S. The zero-order valence-electron chi connectivity index (χ0n) is 14.8. The van der Waals surface area contributed by atoms with Gasteiger partial charge in [0.2, 0.25) is 0 Å². The Hall–Kier alpha value is -3.12. The number of pyridine rings is 1. The molecule has 4 aromatic rings. The number of amides is 1. The first-order chi connectivity index (χ1) is 13.2. The van der Waals surface area contributed by atoms with Crippen molar-refractivity contribution >= 4 is 28.1 Å². The zero-order valence-corrected chi connectivity index (χ0v) is 15.6. The molecule has 3 heterocycles. The number of carbonyl (C=O) groups is 1. The normalized spacial score (nSPS) is 10.9. The van der Waals surface area contributed by atoms with Crippen LogP contribution in [0.4, 0.5) is 0 Å². The fourth-order valence-corrected chi connectivity index (χ4v) is 3.61. The van der Waals surface area contributed by atoms with Gasteiger partial charge in [-0.1, -0.05) is 12.1 Å². The third-order valence-corrected chi connectivity index (χ3v) is 5.12. The van der Waals surface area contributed by atoms with Crippen LogP contribution in [-0.2, 0) is 13.1 Å². The molecule has 0 saturated heterocycles. The van der Waals surface area contributed by atoms with E-state index >= 15 is 0 Å². The van der Waals surface area contributed by atoms with Gasteiger partial charge in [-0.15, -0.1) is 11.3 Å². The molecule has 0 fully saturated rings. The van der Waals surface area contributed by atoms with E-state index < -0.39 is 0 Å². The van der Waals surface area contributed by atoms with E-state index in [1.54, 1.807) is 35.7 Å². The molecule has 0 radical (unpaired) electrons. The second-order valence-electron chi connectivity index (χ2n) is 6.08. The number of fused-ring (bicyclic) bond motifs is 1. The van der Waals surface area contributed by atoms with Gasteiger partial charge in [0, 0.05) is 10.3 Å². The third kappa shape index (κ3) is 3.85.